The maximum Gasteiger partial charge on any atom is 0.123 e. The van der Waals surface area contributed by atoms with Gasteiger partial charge in [-0.3, -0.25) is 0 Å². The highest BCUT2D eigenvalue weighted by molar-refractivity contribution is 4.51. The summed E-state index contributed by atoms with van der Waals surface area (Å²) in [6, 6.07) is 0. The van der Waals surface area contributed by atoms with Crippen molar-refractivity contribution in [2.24, 2.45) is 0 Å². The van der Waals surface area contributed by atoms with E-state index in [0.717, 1.165) is 0 Å². The van der Waals surface area contributed by atoms with Gasteiger partial charge in [-0.25, -0.2) is 4.39 Å². The zero-order valence-corrected chi connectivity index (χ0v) is 4.68. The van der Waals surface area contributed by atoms with E-state index in [1.165, 1.54) is 0 Å². The van der Waals surface area contributed by atoms with Gasteiger partial charge in [0.05, 0.1) is 6.61 Å². The van der Waals surface area contributed by atoms with Crippen molar-refractivity contribution in [2.45, 2.75) is 19.0 Å². The van der Waals surface area contributed by atoms with Crippen LogP contribution < -0.4 is 0 Å². The molecule has 0 saturated heterocycles. The molecule has 0 fully saturated rings. The highest BCUT2D eigenvalue weighted by Gasteiger charge is 2.01. The summed E-state index contributed by atoms with van der Waals surface area (Å²) < 4.78 is 12.0. The molecule has 0 bridgehead atoms. The van der Waals surface area contributed by atoms with Crippen LogP contribution in [0.4, 0.5) is 4.39 Å². The molecule has 0 radical (unpaired) electrons. The average molecular weight is 122 g/mol. The SMILES string of the molecule is OCCCC(F)CO. The van der Waals surface area contributed by atoms with Crippen LogP contribution in [0.5, 0.6) is 0 Å². The van der Waals surface area contributed by atoms with Gasteiger partial charge in [-0.05, 0) is 12.8 Å². The Morgan fingerprint density at radius 2 is 2.00 bits per heavy atom. The van der Waals surface area contributed by atoms with Crippen molar-refractivity contribution in [3.05, 3.63) is 0 Å². The Bertz CT molecular complexity index is 49.7. The summed E-state index contributed by atoms with van der Waals surface area (Å²) in [4.78, 5) is 0. The Kier molecular flexibility index (Phi) is 4.90. The summed E-state index contributed by atoms with van der Waals surface area (Å²) in [5.41, 5.74) is 0. The summed E-state index contributed by atoms with van der Waals surface area (Å²) in [6.07, 6.45) is -0.462. The minimum atomic E-state index is -1.15. The van der Waals surface area contributed by atoms with Crippen molar-refractivity contribution >= 4 is 0 Å². The number of halogens is 1. The highest BCUT2D eigenvalue weighted by atomic mass is 19.1. The molecular weight excluding hydrogens is 111 g/mol. The molecule has 0 aromatic heterocycles. The Labute approximate surface area is 48.0 Å². The molecule has 0 aliphatic heterocycles. The molecule has 2 N–H and O–H groups in total. The Balaban J connectivity index is 2.86. The molecule has 1 atom stereocenters. The lowest BCUT2D eigenvalue weighted by atomic mass is 10.2. The molecule has 0 rings (SSSR count). The monoisotopic (exact) mass is 122 g/mol. The zero-order valence-electron chi connectivity index (χ0n) is 4.68. The quantitative estimate of drug-likeness (QED) is 0.554. The average Bonchev–Trinajstić information content (AvgIpc) is 1.83. The molecule has 0 aliphatic rings. The molecule has 0 aromatic carbocycles. The Morgan fingerprint density at radius 3 is 2.38 bits per heavy atom. The minimum absolute atomic E-state index is 0.000417. The number of alkyl halides is 1. The molecule has 0 amide bonds. The van der Waals surface area contributed by atoms with E-state index in [1.54, 1.807) is 0 Å². The van der Waals surface area contributed by atoms with E-state index in [2.05, 4.69) is 0 Å². The molecule has 0 saturated carbocycles. The van der Waals surface area contributed by atoms with Crippen molar-refractivity contribution in [1.82, 2.24) is 0 Å². The topological polar surface area (TPSA) is 40.5 Å². The maximum absolute atomic E-state index is 12.0. The first-order valence-electron chi connectivity index (χ1n) is 2.67. The third-order valence-corrected chi connectivity index (χ3v) is 0.874. The number of aliphatic hydroxyl groups excluding tert-OH is 2. The molecule has 0 aliphatic carbocycles. The van der Waals surface area contributed by atoms with Crippen molar-refractivity contribution < 1.29 is 14.6 Å². The van der Waals surface area contributed by atoms with Gasteiger partial charge in [0.15, 0.2) is 0 Å². The van der Waals surface area contributed by atoms with Gasteiger partial charge in [0.2, 0.25) is 0 Å². The second-order valence-corrected chi connectivity index (χ2v) is 1.65. The van der Waals surface area contributed by atoms with Gasteiger partial charge >= 0.3 is 0 Å². The summed E-state index contributed by atoms with van der Waals surface area (Å²) in [5, 5.41) is 16.3. The fourth-order valence-corrected chi connectivity index (χ4v) is 0.404. The predicted octanol–water partition coefficient (Wildman–Crippen LogP) is 0.0893. The summed E-state index contributed by atoms with van der Waals surface area (Å²) >= 11 is 0. The Morgan fingerprint density at radius 1 is 1.38 bits per heavy atom. The summed E-state index contributed by atoms with van der Waals surface area (Å²) in [5.74, 6) is 0. The lowest BCUT2D eigenvalue weighted by Gasteiger charge is -1.99. The lowest BCUT2D eigenvalue weighted by molar-refractivity contribution is 0.158. The van der Waals surface area contributed by atoms with Crippen LogP contribution in [0.25, 0.3) is 0 Å². The van der Waals surface area contributed by atoms with Gasteiger partial charge in [-0.2, -0.15) is 0 Å². The molecule has 50 valence electrons. The molecule has 2 nitrogen and oxygen atoms in total. The van der Waals surface area contributed by atoms with Gasteiger partial charge < -0.3 is 10.2 Å². The van der Waals surface area contributed by atoms with E-state index < -0.39 is 12.8 Å². The van der Waals surface area contributed by atoms with Crippen LogP contribution in [0.1, 0.15) is 12.8 Å². The first-order chi connectivity index (χ1) is 3.81. The number of aliphatic hydroxyl groups is 2. The molecule has 0 spiro atoms. The van der Waals surface area contributed by atoms with Crippen molar-refractivity contribution in [3.8, 4) is 0 Å². The molecule has 8 heavy (non-hydrogen) atoms. The normalized spacial score (nSPS) is 13.9. The van der Waals surface area contributed by atoms with Crippen LogP contribution in [0.3, 0.4) is 0 Å². The maximum atomic E-state index is 12.0. The molecule has 1 unspecified atom stereocenters. The summed E-state index contributed by atoms with van der Waals surface area (Å²) in [7, 11) is 0. The van der Waals surface area contributed by atoms with Gasteiger partial charge in [0.25, 0.3) is 0 Å². The van der Waals surface area contributed by atoms with Gasteiger partial charge in [-0.15, -0.1) is 0 Å². The standard InChI is InChI=1S/C5H11FO2/c6-5(4-8)2-1-3-7/h5,7-8H,1-4H2. The first-order valence-corrected chi connectivity index (χ1v) is 2.67. The molecule has 0 aromatic rings. The van der Waals surface area contributed by atoms with E-state index in [1.807, 2.05) is 0 Å². The fraction of sp³-hybridized carbons (Fsp3) is 1.00. The minimum Gasteiger partial charge on any atom is -0.396 e. The van der Waals surface area contributed by atoms with E-state index in [4.69, 9.17) is 10.2 Å². The number of hydrogen-bond donors (Lipinski definition) is 2. The lowest BCUT2D eigenvalue weighted by Crippen LogP contribution is -2.05. The second kappa shape index (κ2) is 5.00. The Hall–Kier alpha value is -0.150. The summed E-state index contributed by atoms with van der Waals surface area (Å²) in [6.45, 7) is -0.430. The largest absolute Gasteiger partial charge is 0.396 e. The second-order valence-electron chi connectivity index (χ2n) is 1.65. The van der Waals surface area contributed by atoms with Crippen LogP contribution in [-0.2, 0) is 0 Å². The molecule has 0 heterocycles. The fourth-order valence-electron chi connectivity index (χ4n) is 0.404. The predicted molar refractivity (Wildman–Crippen MR) is 28.3 cm³/mol. The van der Waals surface area contributed by atoms with Crippen molar-refractivity contribution in [3.63, 3.8) is 0 Å². The van der Waals surface area contributed by atoms with Crippen LogP contribution in [0.15, 0.2) is 0 Å². The molecular formula is C5H11FO2. The highest BCUT2D eigenvalue weighted by Crippen LogP contribution is 1.98. The smallest absolute Gasteiger partial charge is 0.123 e. The number of hydrogen-bond acceptors (Lipinski definition) is 2. The van der Waals surface area contributed by atoms with E-state index >= 15 is 0 Å². The van der Waals surface area contributed by atoms with Gasteiger partial charge in [0, 0.05) is 6.61 Å². The van der Waals surface area contributed by atoms with E-state index in [0.29, 0.717) is 6.42 Å². The van der Waals surface area contributed by atoms with Gasteiger partial charge in [-0.1, -0.05) is 0 Å². The van der Waals surface area contributed by atoms with Crippen molar-refractivity contribution in [1.29, 1.82) is 0 Å². The van der Waals surface area contributed by atoms with Crippen LogP contribution in [0, 0.1) is 0 Å². The van der Waals surface area contributed by atoms with Crippen LogP contribution in [0.2, 0.25) is 0 Å². The van der Waals surface area contributed by atoms with E-state index in [-0.39, 0.29) is 13.0 Å². The van der Waals surface area contributed by atoms with Crippen LogP contribution >= 0.6 is 0 Å². The third-order valence-electron chi connectivity index (χ3n) is 0.874. The third kappa shape index (κ3) is 4.02. The van der Waals surface area contributed by atoms with Crippen LogP contribution in [-0.4, -0.2) is 29.6 Å². The van der Waals surface area contributed by atoms with Gasteiger partial charge in [0.1, 0.15) is 6.17 Å². The van der Waals surface area contributed by atoms with E-state index in [9.17, 15) is 4.39 Å². The van der Waals surface area contributed by atoms with Crippen molar-refractivity contribution in [2.75, 3.05) is 13.2 Å². The number of rotatable bonds is 4. The zero-order chi connectivity index (χ0) is 6.41. The molecule has 3 heteroatoms. The first kappa shape index (κ1) is 7.85.